The zero-order chi connectivity index (χ0) is 17.6. The molecule has 8 heteroatoms. The zero-order valence-corrected chi connectivity index (χ0v) is 15.2. The highest BCUT2D eigenvalue weighted by atomic mass is 35.5. The highest BCUT2D eigenvalue weighted by Crippen LogP contribution is 2.17. The van der Waals surface area contributed by atoms with Crippen LogP contribution < -0.4 is 5.32 Å². The quantitative estimate of drug-likeness (QED) is 0.696. The van der Waals surface area contributed by atoms with Crippen molar-refractivity contribution >= 4 is 34.7 Å². The van der Waals surface area contributed by atoms with Crippen LogP contribution in [-0.2, 0) is 24.3 Å². The summed E-state index contributed by atoms with van der Waals surface area (Å²) in [5.41, 5.74) is 4.24. The highest BCUT2D eigenvalue weighted by Gasteiger charge is 2.08. The molecule has 0 saturated heterocycles. The van der Waals surface area contributed by atoms with Gasteiger partial charge in [0, 0.05) is 34.6 Å². The Bertz CT molecular complexity index is 862. The summed E-state index contributed by atoms with van der Waals surface area (Å²) in [5, 5.41) is 7.47. The molecule has 1 N–H and O–H groups in total. The highest BCUT2D eigenvalue weighted by molar-refractivity contribution is 7.09. The zero-order valence-electron chi connectivity index (χ0n) is 13.6. The summed E-state index contributed by atoms with van der Waals surface area (Å²) >= 11 is 7.67. The summed E-state index contributed by atoms with van der Waals surface area (Å²) in [6, 6.07) is 7.24. The van der Waals surface area contributed by atoms with Crippen LogP contribution in [0.15, 0.2) is 42.2 Å². The number of carbonyl (C=O) groups excluding carboxylic acids is 1. The molecule has 6 nitrogen and oxygen atoms in total. The van der Waals surface area contributed by atoms with Crippen LogP contribution in [0.1, 0.15) is 16.1 Å². The molecule has 0 aliphatic carbocycles. The van der Waals surface area contributed by atoms with Crippen molar-refractivity contribution in [2.24, 2.45) is 0 Å². The van der Waals surface area contributed by atoms with Crippen LogP contribution in [0.5, 0.6) is 0 Å². The van der Waals surface area contributed by atoms with Gasteiger partial charge in [-0.15, -0.1) is 11.3 Å². The van der Waals surface area contributed by atoms with E-state index in [4.69, 9.17) is 16.3 Å². The molecule has 1 aromatic carbocycles. The molecule has 130 valence electrons. The van der Waals surface area contributed by atoms with Crippen molar-refractivity contribution in [3.05, 3.63) is 63.3 Å². The van der Waals surface area contributed by atoms with E-state index in [9.17, 15) is 4.79 Å². The Morgan fingerprint density at radius 3 is 3.00 bits per heavy atom. The van der Waals surface area contributed by atoms with Crippen molar-refractivity contribution in [2.45, 2.75) is 26.5 Å². The Morgan fingerprint density at radius 2 is 2.24 bits per heavy atom. The van der Waals surface area contributed by atoms with Gasteiger partial charge in [0.15, 0.2) is 0 Å². The third kappa shape index (κ3) is 4.80. The number of ether oxygens (including phenoxy) is 1. The third-order valence-corrected chi connectivity index (χ3v) is 4.97. The molecule has 0 radical (unpaired) electrons. The van der Waals surface area contributed by atoms with E-state index in [1.54, 1.807) is 34.5 Å². The first-order chi connectivity index (χ1) is 12.1. The first-order valence-electron chi connectivity index (χ1n) is 7.70. The molecule has 0 bridgehead atoms. The molecule has 0 saturated carbocycles. The van der Waals surface area contributed by atoms with E-state index < -0.39 is 6.09 Å². The maximum Gasteiger partial charge on any atom is 0.412 e. The number of hydrogen-bond acceptors (Lipinski definition) is 5. The standard InChI is InChI=1S/C17H17ClN4O2S/c1-12-16(25-11-19-12)6-7-22-9-14(8-20-22)21-17(23)24-10-13-4-2-3-5-15(13)18/h2-5,8-9,11H,6-7,10H2,1H3,(H,21,23). The molecule has 2 heterocycles. The van der Waals surface area contributed by atoms with E-state index >= 15 is 0 Å². The maximum atomic E-state index is 11.9. The van der Waals surface area contributed by atoms with Crippen LogP contribution in [0.4, 0.5) is 10.5 Å². The molecule has 0 spiro atoms. The molecule has 3 aromatic rings. The van der Waals surface area contributed by atoms with Crippen LogP contribution in [0, 0.1) is 6.92 Å². The lowest BCUT2D eigenvalue weighted by Crippen LogP contribution is -2.13. The number of aromatic nitrogens is 3. The Labute approximate surface area is 154 Å². The minimum absolute atomic E-state index is 0.115. The molecule has 2 aromatic heterocycles. The number of carbonyl (C=O) groups is 1. The second-order valence-electron chi connectivity index (χ2n) is 5.40. The van der Waals surface area contributed by atoms with Crippen molar-refractivity contribution in [3.8, 4) is 0 Å². The fourth-order valence-corrected chi connectivity index (χ4v) is 3.21. The van der Waals surface area contributed by atoms with Crippen LogP contribution >= 0.6 is 22.9 Å². The smallest absolute Gasteiger partial charge is 0.412 e. The first kappa shape index (κ1) is 17.4. The number of thiazole rings is 1. The van der Waals surface area contributed by atoms with E-state index in [1.807, 2.05) is 30.6 Å². The molecule has 0 fully saturated rings. The third-order valence-electron chi connectivity index (χ3n) is 3.61. The SMILES string of the molecule is Cc1ncsc1CCn1cc(NC(=O)OCc2ccccc2Cl)cn1. The second-order valence-corrected chi connectivity index (χ2v) is 6.74. The molecule has 25 heavy (non-hydrogen) atoms. The average Bonchev–Trinajstić information content (AvgIpc) is 3.21. The Kier molecular flexibility index (Phi) is 5.67. The molecule has 0 atom stereocenters. The fourth-order valence-electron chi connectivity index (χ4n) is 2.25. The number of benzene rings is 1. The lowest BCUT2D eigenvalue weighted by atomic mass is 10.2. The Hall–Kier alpha value is -2.38. The van der Waals surface area contributed by atoms with Crippen molar-refractivity contribution in [1.29, 1.82) is 0 Å². The Morgan fingerprint density at radius 1 is 1.40 bits per heavy atom. The van der Waals surface area contributed by atoms with Gasteiger partial charge in [-0.25, -0.2) is 9.78 Å². The topological polar surface area (TPSA) is 69.0 Å². The number of nitrogens with zero attached hydrogens (tertiary/aromatic N) is 3. The van der Waals surface area contributed by atoms with Crippen molar-refractivity contribution in [1.82, 2.24) is 14.8 Å². The molecule has 0 unspecified atom stereocenters. The van der Waals surface area contributed by atoms with E-state index in [-0.39, 0.29) is 6.61 Å². The van der Waals surface area contributed by atoms with Gasteiger partial charge in [0.25, 0.3) is 0 Å². The summed E-state index contributed by atoms with van der Waals surface area (Å²) in [6.45, 7) is 2.83. The van der Waals surface area contributed by atoms with Crippen LogP contribution in [0.25, 0.3) is 0 Å². The summed E-state index contributed by atoms with van der Waals surface area (Å²) in [6.07, 6.45) is 3.68. The molecule has 0 aliphatic heterocycles. The summed E-state index contributed by atoms with van der Waals surface area (Å²) in [4.78, 5) is 17.3. The van der Waals surface area contributed by atoms with Gasteiger partial charge in [-0.3, -0.25) is 10.00 Å². The summed E-state index contributed by atoms with van der Waals surface area (Å²) in [5.74, 6) is 0. The van der Waals surface area contributed by atoms with E-state index in [0.717, 1.165) is 24.2 Å². The lowest BCUT2D eigenvalue weighted by molar-refractivity contribution is 0.155. The maximum absolute atomic E-state index is 11.9. The fraction of sp³-hybridized carbons (Fsp3) is 0.235. The molecule has 0 aliphatic rings. The number of hydrogen-bond donors (Lipinski definition) is 1. The predicted molar refractivity (Wildman–Crippen MR) is 98.0 cm³/mol. The van der Waals surface area contributed by atoms with Crippen LogP contribution in [-0.4, -0.2) is 20.9 Å². The van der Waals surface area contributed by atoms with Gasteiger partial charge in [-0.05, 0) is 13.0 Å². The van der Waals surface area contributed by atoms with Gasteiger partial charge in [-0.2, -0.15) is 5.10 Å². The molecular formula is C17H17ClN4O2S. The number of anilines is 1. The van der Waals surface area contributed by atoms with Gasteiger partial charge >= 0.3 is 6.09 Å². The largest absolute Gasteiger partial charge is 0.444 e. The second kappa shape index (κ2) is 8.13. The number of amides is 1. The number of nitrogens with one attached hydrogen (secondary N) is 1. The van der Waals surface area contributed by atoms with Gasteiger partial charge < -0.3 is 4.74 Å². The molecule has 1 amide bonds. The van der Waals surface area contributed by atoms with E-state index in [1.165, 1.54) is 4.88 Å². The lowest BCUT2D eigenvalue weighted by Gasteiger charge is -2.06. The van der Waals surface area contributed by atoms with Crippen molar-refractivity contribution in [3.63, 3.8) is 0 Å². The van der Waals surface area contributed by atoms with Gasteiger partial charge in [0.1, 0.15) is 6.61 Å². The minimum Gasteiger partial charge on any atom is -0.444 e. The number of aryl methyl sites for hydroxylation is 3. The van der Waals surface area contributed by atoms with Crippen molar-refractivity contribution < 1.29 is 9.53 Å². The normalized spacial score (nSPS) is 10.6. The monoisotopic (exact) mass is 376 g/mol. The summed E-state index contributed by atoms with van der Waals surface area (Å²) < 4.78 is 6.96. The van der Waals surface area contributed by atoms with E-state index in [2.05, 4.69) is 15.4 Å². The predicted octanol–water partition coefficient (Wildman–Crippen LogP) is 4.29. The van der Waals surface area contributed by atoms with Crippen LogP contribution in [0.2, 0.25) is 5.02 Å². The summed E-state index contributed by atoms with van der Waals surface area (Å²) in [7, 11) is 0. The van der Waals surface area contributed by atoms with Crippen molar-refractivity contribution in [2.75, 3.05) is 5.32 Å². The minimum atomic E-state index is -0.544. The first-order valence-corrected chi connectivity index (χ1v) is 8.96. The van der Waals surface area contributed by atoms with Crippen LogP contribution in [0.3, 0.4) is 0 Å². The average molecular weight is 377 g/mol. The number of rotatable bonds is 6. The molecule has 3 rings (SSSR count). The van der Waals surface area contributed by atoms with E-state index in [0.29, 0.717) is 10.7 Å². The molecular weight excluding hydrogens is 360 g/mol. The Balaban J connectivity index is 1.48. The van der Waals surface area contributed by atoms with Gasteiger partial charge in [0.05, 0.1) is 23.1 Å². The number of halogens is 1. The van der Waals surface area contributed by atoms with Gasteiger partial charge in [-0.1, -0.05) is 29.8 Å². The van der Waals surface area contributed by atoms with Gasteiger partial charge in [0.2, 0.25) is 0 Å².